The summed E-state index contributed by atoms with van der Waals surface area (Å²) in [6.07, 6.45) is 10.5. The van der Waals surface area contributed by atoms with Crippen LogP contribution >= 0.6 is 0 Å². The number of benzene rings is 1. The van der Waals surface area contributed by atoms with Crippen LogP contribution in [0.3, 0.4) is 0 Å². The van der Waals surface area contributed by atoms with E-state index >= 15 is 0 Å². The molecular weight excluding hydrogens is 328 g/mol. The number of fused-ring (bicyclic) bond motifs is 2. The summed E-state index contributed by atoms with van der Waals surface area (Å²) in [5.74, 6) is 0.162. The van der Waals surface area contributed by atoms with Crippen molar-refractivity contribution in [2.24, 2.45) is 17.3 Å². The molecule has 140 valence electrons. The molecule has 1 aliphatic heterocycles. The van der Waals surface area contributed by atoms with E-state index in [0.717, 1.165) is 45.0 Å². The lowest BCUT2D eigenvalue weighted by atomic mass is 9.70. The van der Waals surface area contributed by atoms with Crippen LogP contribution in [0.2, 0.25) is 0 Å². The van der Waals surface area contributed by atoms with Crippen LogP contribution in [0.5, 0.6) is 0 Å². The Kier molecular flexibility index (Phi) is 6.25. The summed E-state index contributed by atoms with van der Waals surface area (Å²) < 4.78 is 10.6. The third kappa shape index (κ3) is 4.07. The molecule has 1 aliphatic carbocycles. The average molecular weight is 356 g/mol. The molecule has 1 saturated carbocycles. The van der Waals surface area contributed by atoms with E-state index in [1.165, 1.54) is 12.7 Å². The van der Waals surface area contributed by atoms with Gasteiger partial charge in [0.15, 0.2) is 0 Å². The van der Waals surface area contributed by atoms with E-state index in [1.807, 2.05) is 6.07 Å². The molecule has 2 aliphatic rings. The van der Waals surface area contributed by atoms with Gasteiger partial charge in [-0.25, -0.2) is 0 Å². The first-order valence-corrected chi connectivity index (χ1v) is 9.51. The first-order valence-electron chi connectivity index (χ1n) is 9.51. The third-order valence-corrected chi connectivity index (χ3v) is 5.97. The van der Waals surface area contributed by atoms with Gasteiger partial charge < -0.3 is 14.3 Å². The maximum Gasteiger partial charge on any atom is 0.305 e. The Labute approximate surface area is 155 Å². The topological polar surface area (TPSA) is 52.6 Å². The maximum atomic E-state index is 11.7. The predicted octanol–water partition coefficient (Wildman–Crippen LogP) is 3.74. The van der Waals surface area contributed by atoms with Gasteiger partial charge >= 0.3 is 5.97 Å². The van der Waals surface area contributed by atoms with Crippen LogP contribution in [-0.4, -0.2) is 32.1 Å². The Morgan fingerprint density at radius 3 is 2.85 bits per heavy atom. The highest BCUT2D eigenvalue weighted by Gasteiger charge is 2.58. The van der Waals surface area contributed by atoms with Gasteiger partial charge in [-0.05, 0) is 43.6 Å². The fourth-order valence-corrected chi connectivity index (χ4v) is 4.64. The van der Waals surface area contributed by atoms with Crippen molar-refractivity contribution >= 4 is 12.3 Å². The minimum atomic E-state index is -0.161. The number of hydrogen-bond donors (Lipinski definition) is 0. The zero-order valence-electron chi connectivity index (χ0n) is 15.4. The van der Waals surface area contributed by atoms with Crippen molar-refractivity contribution in [2.45, 2.75) is 44.6 Å². The number of carbonyl (C=O) groups excluding carboxylic acids is 2. The van der Waals surface area contributed by atoms with E-state index in [9.17, 15) is 9.59 Å². The second kappa shape index (κ2) is 8.63. The number of aldehydes is 1. The molecule has 2 fully saturated rings. The summed E-state index contributed by atoms with van der Waals surface area (Å²) in [4.78, 5) is 22.8. The number of allylic oxidation sites excluding steroid dienone is 2. The highest BCUT2D eigenvalue weighted by molar-refractivity contribution is 5.69. The Morgan fingerprint density at radius 1 is 1.31 bits per heavy atom. The SMILES string of the molecule is COC(=O)CCC/C=C\C[C@@H]1[C@@H](C=O)[C@H]2C[C@]1(Cc1ccccc1)CO2. The van der Waals surface area contributed by atoms with Crippen molar-refractivity contribution < 1.29 is 19.1 Å². The molecule has 1 heterocycles. The molecule has 4 heteroatoms. The van der Waals surface area contributed by atoms with Gasteiger partial charge in [0, 0.05) is 17.8 Å². The van der Waals surface area contributed by atoms with Crippen LogP contribution in [0.1, 0.15) is 37.7 Å². The molecule has 0 N–H and O–H groups in total. The zero-order valence-corrected chi connectivity index (χ0v) is 15.4. The van der Waals surface area contributed by atoms with E-state index in [1.54, 1.807) is 0 Å². The predicted molar refractivity (Wildman–Crippen MR) is 99.6 cm³/mol. The molecule has 0 unspecified atom stereocenters. The Bertz CT molecular complexity index is 639. The van der Waals surface area contributed by atoms with Gasteiger partial charge in [-0.15, -0.1) is 0 Å². The largest absolute Gasteiger partial charge is 0.469 e. The van der Waals surface area contributed by atoms with Gasteiger partial charge in [-0.1, -0.05) is 42.5 Å². The smallest absolute Gasteiger partial charge is 0.305 e. The van der Waals surface area contributed by atoms with Gasteiger partial charge in [0.1, 0.15) is 6.29 Å². The summed E-state index contributed by atoms with van der Waals surface area (Å²) in [5.41, 5.74) is 1.38. The second-order valence-electron chi connectivity index (χ2n) is 7.57. The minimum Gasteiger partial charge on any atom is -0.469 e. The van der Waals surface area contributed by atoms with Crippen molar-refractivity contribution in [3.8, 4) is 0 Å². The van der Waals surface area contributed by atoms with Crippen LogP contribution in [0.15, 0.2) is 42.5 Å². The third-order valence-electron chi connectivity index (χ3n) is 5.97. The van der Waals surface area contributed by atoms with Crippen molar-refractivity contribution in [3.63, 3.8) is 0 Å². The van der Waals surface area contributed by atoms with Crippen LogP contribution < -0.4 is 0 Å². The second-order valence-corrected chi connectivity index (χ2v) is 7.57. The van der Waals surface area contributed by atoms with E-state index < -0.39 is 0 Å². The average Bonchev–Trinajstić information content (AvgIpc) is 3.20. The molecule has 4 atom stereocenters. The highest BCUT2D eigenvalue weighted by Crippen LogP contribution is 2.56. The quantitative estimate of drug-likeness (QED) is 0.293. The normalized spacial score (nSPS) is 30.0. The number of ether oxygens (including phenoxy) is 2. The fourth-order valence-electron chi connectivity index (χ4n) is 4.64. The number of carbonyl (C=O) groups is 2. The lowest BCUT2D eigenvalue weighted by Gasteiger charge is -2.37. The Hall–Kier alpha value is -1.94. The van der Waals surface area contributed by atoms with E-state index in [2.05, 4.69) is 41.2 Å². The van der Waals surface area contributed by atoms with Gasteiger partial charge in [0.2, 0.25) is 0 Å². The maximum absolute atomic E-state index is 11.7. The standard InChI is InChI=1S/C22H28O4/c1-25-21(24)12-8-3-2-7-11-19-18(15-23)20-14-22(19,16-26-20)13-17-9-5-4-6-10-17/h2,4-7,9-10,15,18-20H,3,8,11-14,16H2,1H3/b7-2-/t18-,19-,20-,22-/m1/s1. The summed E-state index contributed by atoms with van der Waals surface area (Å²) in [6, 6.07) is 10.5. The van der Waals surface area contributed by atoms with Gasteiger partial charge in [0.05, 0.1) is 19.8 Å². The lowest BCUT2D eigenvalue weighted by molar-refractivity contribution is -0.140. The number of unbranched alkanes of at least 4 members (excludes halogenated alkanes) is 1. The molecule has 0 aromatic heterocycles. The zero-order chi connectivity index (χ0) is 18.4. The molecule has 3 rings (SSSR count). The first kappa shape index (κ1) is 18.8. The number of hydrogen-bond acceptors (Lipinski definition) is 4. The molecule has 0 radical (unpaired) electrons. The van der Waals surface area contributed by atoms with E-state index in [-0.39, 0.29) is 23.4 Å². The Balaban J connectivity index is 1.61. The molecule has 0 amide bonds. The molecular formula is C22H28O4. The Morgan fingerprint density at radius 2 is 2.12 bits per heavy atom. The van der Waals surface area contributed by atoms with Crippen molar-refractivity contribution in [3.05, 3.63) is 48.0 Å². The molecule has 26 heavy (non-hydrogen) atoms. The van der Waals surface area contributed by atoms with Crippen molar-refractivity contribution in [2.75, 3.05) is 13.7 Å². The van der Waals surface area contributed by atoms with Gasteiger partial charge in [-0.2, -0.15) is 0 Å². The molecule has 1 aromatic rings. The van der Waals surface area contributed by atoms with Crippen LogP contribution in [0, 0.1) is 17.3 Å². The summed E-state index contributed by atoms with van der Waals surface area (Å²) >= 11 is 0. The summed E-state index contributed by atoms with van der Waals surface area (Å²) in [5, 5.41) is 0. The summed E-state index contributed by atoms with van der Waals surface area (Å²) in [6.45, 7) is 0.748. The van der Waals surface area contributed by atoms with Crippen LogP contribution in [0.4, 0.5) is 0 Å². The van der Waals surface area contributed by atoms with Gasteiger partial charge in [0.25, 0.3) is 0 Å². The van der Waals surface area contributed by atoms with Crippen molar-refractivity contribution in [1.82, 2.24) is 0 Å². The van der Waals surface area contributed by atoms with Crippen LogP contribution in [0.25, 0.3) is 0 Å². The van der Waals surface area contributed by atoms with Crippen molar-refractivity contribution in [1.29, 1.82) is 0 Å². The molecule has 1 saturated heterocycles. The molecule has 1 aromatic carbocycles. The number of rotatable bonds is 9. The fraction of sp³-hybridized carbons (Fsp3) is 0.545. The van der Waals surface area contributed by atoms with E-state index in [0.29, 0.717) is 12.3 Å². The highest BCUT2D eigenvalue weighted by atomic mass is 16.5. The summed E-state index contributed by atoms with van der Waals surface area (Å²) in [7, 11) is 1.42. The lowest BCUT2D eigenvalue weighted by Crippen LogP contribution is -2.38. The first-order chi connectivity index (χ1) is 12.7. The minimum absolute atomic E-state index is 0.00724. The monoisotopic (exact) mass is 356 g/mol. The molecule has 4 nitrogen and oxygen atoms in total. The van der Waals surface area contributed by atoms with Crippen LogP contribution in [-0.2, 0) is 25.5 Å². The van der Waals surface area contributed by atoms with E-state index in [4.69, 9.17) is 4.74 Å². The number of methoxy groups -OCH3 is 1. The number of esters is 1. The molecule has 0 spiro atoms. The van der Waals surface area contributed by atoms with Gasteiger partial charge in [-0.3, -0.25) is 4.79 Å². The molecule has 2 bridgehead atoms.